The standard InChI is InChI=1S/C19H25N3O5/c1-3-20-14-9-8-13(11-16(14)22(25)26)18(23)21-15-7-5-4-6-12(15)10-17(21)19(24)27-2/h8-9,11-12,15,17,20H,3-7,10H2,1-2H3/t12-,15-,17-/m0/s1. The molecule has 1 aliphatic heterocycles. The lowest BCUT2D eigenvalue weighted by molar-refractivity contribution is -0.384. The number of ether oxygens (including phenoxy) is 1. The average molecular weight is 375 g/mol. The largest absolute Gasteiger partial charge is 0.467 e. The van der Waals surface area contributed by atoms with Gasteiger partial charge in [0, 0.05) is 24.2 Å². The fourth-order valence-corrected chi connectivity index (χ4v) is 4.40. The number of benzene rings is 1. The van der Waals surface area contributed by atoms with E-state index in [0.717, 1.165) is 25.7 Å². The average Bonchev–Trinajstić information content (AvgIpc) is 3.06. The summed E-state index contributed by atoms with van der Waals surface area (Å²) in [5, 5.41) is 14.3. The van der Waals surface area contributed by atoms with Gasteiger partial charge in [-0.3, -0.25) is 14.9 Å². The number of nitro groups is 1. The van der Waals surface area contributed by atoms with Crippen molar-refractivity contribution in [3.05, 3.63) is 33.9 Å². The van der Waals surface area contributed by atoms with Gasteiger partial charge in [-0.1, -0.05) is 12.8 Å². The highest BCUT2D eigenvalue weighted by Crippen LogP contribution is 2.41. The summed E-state index contributed by atoms with van der Waals surface area (Å²) in [7, 11) is 1.32. The summed E-state index contributed by atoms with van der Waals surface area (Å²) < 4.78 is 4.92. The summed E-state index contributed by atoms with van der Waals surface area (Å²) in [6.07, 6.45) is 4.54. The Balaban J connectivity index is 1.95. The first kappa shape index (κ1) is 19.1. The molecule has 1 aliphatic carbocycles. The Morgan fingerprint density at radius 1 is 1.33 bits per heavy atom. The molecule has 1 N–H and O–H groups in total. The Labute approximate surface area is 158 Å². The highest BCUT2D eigenvalue weighted by atomic mass is 16.6. The minimum Gasteiger partial charge on any atom is -0.467 e. The van der Waals surface area contributed by atoms with Crippen LogP contribution in [0.2, 0.25) is 0 Å². The molecule has 1 aromatic carbocycles. The zero-order valence-corrected chi connectivity index (χ0v) is 15.6. The monoisotopic (exact) mass is 375 g/mol. The van der Waals surface area contributed by atoms with Crippen LogP contribution in [-0.2, 0) is 9.53 Å². The van der Waals surface area contributed by atoms with E-state index in [-0.39, 0.29) is 29.1 Å². The molecule has 2 fully saturated rings. The molecule has 8 nitrogen and oxygen atoms in total. The van der Waals surface area contributed by atoms with E-state index in [2.05, 4.69) is 5.32 Å². The van der Waals surface area contributed by atoms with Gasteiger partial charge in [0.05, 0.1) is 12.0 Å². The predicted octanol–water partition coefficient (Wildman–Crippen LogP) is 2.97. The Morgan fingerprint density at radius 2 is 2.07 bits per heavy atom. The minimum atomic E-state index is -0.622. The Hall–Kier alpha value is -2.64. The maximum absolute atomic E-state index is 13.3. The first-order chi connectivity index (χ1) is 13.0. The van der Waals surface area contributed by atoms with Crippen LogP contribution in [0.4, 0.5) is 11.4 Å². The summed E-state index contributed by atoms with van der Waals surface area (Å²) in [4.78, 5) is 38.1. The second-order valence-corrected chi connectivity index (χ2v) is 7.12. The molecular weight excluding hydrogens is 350 g/mol. The molecule has 3 rings (SSSR count). The lowest BCUT2D eigenvalue weighted by Gasteiger charge is -2.33. The van der Waals surface area contributed by atoms with Crippen molar-refractivity contribution in [1.29, 1.82) is 0 Å². The molecule has 146 valence electrons. The van der Waals surface area contributed by atoms with Crippen molar-refractivity contribution in [1.82, 2.24) is 4.90 Å². The van der Waals surface area contributed by atoms with E-state index in [1.807, 2.05) is 6.92 Å². The summed E-state index contributed by atoms with van der Waals surface area (Å²) in [5.74, 6) is -0.481. The predicted molar refractivity (Wildman–Crippen MR) is 99.6 cm³/mol. The van der Waals surface area contributed by atoms with Crippen molar-refractivity contribution in [2.24, 2.45) is 5.92 Å². The van der Waals surface area contributed by atoms with E-state index < -0.39 is 16.9 Å². The van der Waals surface area contributed by atoms with Gasteiger partial charge in [0.25, 0.3) is 11.6 Å². The lowest BCUT2D eigenvalue weighted by Crippen LogP contribution is -2.46. The molecule has 1 amide bonds. The zero-order chi connectivity index (χ0) is 19.6. The number of amides is 1. The van der Waals surface area contributed by atoms with Crippen molar-refractivity contribution in [2.75, 3.05) is 19.0 Å². The van der Waals surface area contributed by atoms with Crippen LogP contribution in [0.3, 0.4) is 0 Å². The molecule has 1 saturated heterocycles. The van der Waals surface area contributed by atoms with Crippen LogP contribution in [0.15, 0.2) is 18.2 Å². The molecule has 27 heavy (non-hydrogen) atoms. The maximum Gasteiger partial charge on any atom is 0.328 e. The highest BCUT2D eigenvalue weighted by molar-refractivity contribution is 5.98. The van der Waals surface area contributed by atoms with Crippen LogP contribution < -0.4 is 5.32 Å². The molecule has 2 aliphatic rings. The van der Waals surface area contributed by atoms with E-state index in [1.165, 1.54) is 13.2 Å². The van der Waals surface area contributed by atoms with Crippen molar-refractivity contribution in [3.63, 3.8) is 0 Å². The highest BCUT2D eigenvalue weighted by Gasteiger charge is 2.48. The smallest absolute Gasteiger partial charge is 0.328 e. The fraction of sp³-hybridized carbons (Fsp3) is 0.579. The molecule has 0 spiro atoms. The van der Waals surface area contributed by atoms with Crippen LogP contribution in [-0.4, -0.2) is 47.4 Å². The van der Waals surface area contributed by atoms with Gasteiger partial charge in [0.15, 0.2) is 0 Å². The maximum atomic E-state index is 13.3. The number of likely N-dealkylation sites (tertiary alicyclic amines) is 1. The third kappa shape index (κ3) is 3.61. The number of esters is 1. The number of carbonyl (C=O) groups is 2. The number of fused-ring (bicyclic) bond motifs is 1. The third-order valence-corrected chi connectivity index (χ3v) is 5.60. The Bertz CT molecular complexity index is 751. The summed E-state index contributed by atoms with van der Waals surface area (Å²) in [6.45, 7) is 2.38. The van der Waals surface area contributed by atoms with E-state index in [1.54, 1.807) is 17.0 Å². The van der Waals surface area contributed by atoms with Crippen LogP contribution in [0.1, 0.15) is 49.4 Å². The van der Waals surface area contributed by atoms with E-state index >= 15 is 0 Å². The van der Waals surface area contributed by atoms with Crippen LogP contribution >= 0.6 is 0 Å². The molecule has 1 heterocycles. The molecule has 3 atom stereocenters. The second-order valence-electron chi connectivity index (χ2n) is 7.12. The minimum absolute atomic E-state index is 0.0113. The van der Waals surface area contributed by atoms with Gasteiger partial charge >= 0.3 is 5.97 Å². The number of carbonyl (C=O) groups excluding carboxylic acids is 2. The number of rotatable bonds is 5. The molecule has 1 saturated carbocycles. The number of methoxy groups -OCH3 is 1. The number of nitrogens with one attached hydrogen (secondary N) is 1. The molecular formula is C19H25N3O5. The van der Waals surface area contributed by atoms with Crippen LogP contribution in [0, 0.1) is 16.0 Å². The van der Waals surface area contributed by atoms with Gasteiger partial charge in [0.1, 0.15) is 11.7 Å². The molecule has 1 aromatic rings. The van der Waals surface area contributed by atoms with E-state index in [9.17, 15) is 19.7 Å². The molecule has 0 unspecified atom stereocenters. The fourth-order valence-electron chi connectivity index (χ4n) is 4.40. The van der Waals surface area contributed by atoms with Gasteiger partial charge < -0.3 is 15.0 Å². The number of anilines is 1. The molecule has 0 aromatic heterocycles. The zero-order valence-electron chi connectivity index (χ0n) is 15.6. The van der Waals surface area contributed by atoms with Gasteiger partial charge in [-0.25, -0.2) is 4.79 Å². The van der Waals surface area contributed by atoms with Crippen LogP contribution in [0.25, 0.3) is 0 Å². The quantitative estimate of drug-likeness (QED) is 0.482. The second kappa shape index (κ2) is 7.94. The number of nitrogens with zero attached hydrogens (tertiary/aromatic N) is 2. The first-order valence-corrected chi connectivity index (χ1v) is 9.40. The van der Waals surface area contributed by atoms with Crippen molar-refractivity contribution < 1.29 is 19.2 Å². The molecule has 8 heteroatoms. The summed E-state index contributed by atoms with van der Waals surface area (Å²) >= 11 is 0. The topological polar surface area (TPSA) is 102 Å². The van der Waals surface area contributed by atoms with Crippen molar-refractivity contribution in [2.45, 2.75) is 51.1 Å². The van der Waals surface area contributed by atoms with Gasteiger partial charge in [-0.05, 0) is 44.2 Å². The van der Waals surface area contributed by atoms with Crippen molar-refractivity contribution >= 4 is 23.3 Å². The number of nitro benzene ring substituents is 1. The number of hydrogen-bond acceptors (Lipinski definition) is 6. The van der Waals surface area contributed by atoms with Crippen LogP contribution in [0.5, 0.6) is 0 Å². The summed E-state index contributed by atoms with van der Waals surface area (Å²) in [6, 6.07) is 3.80. The third-order valence-electron chi connectivity index (χ3n) is 5.60. The van der Waals surface area contributed by atoms with E-state index in [4.69, 9.17) is 4.74 Å². The first-order valence-electron chi connectivity index (χ1n) is 9.40. The van der Waals surface area contributed by atoms with Gasteiger partial charge in [-0.2, -0.15) is 0 Å². The molecule has 0 bridgehead atoms. The number of hydrogen-bond donors (Lipinski definition) is 1. The van der Waals surface area contributed by atoms with E-state index in [0.29, 0.717) is 18.7 Å². The van der Waals surface area contributed by atoms with Gasteiger partial charge in [-0.15, -0.1) is 0 Å². The Morgan fingerprint density at radius 3 is 2.74 bits per heavy atom. The SMILES string of the molecule is CCNc1ccc(C(=O)N2[C@H](C(=O)OC)C[C@@H]3CCCC[C@@H]32)cc1[N+](=O)[O-]. The summed E-state index contributed by atoms with van der Waals surface area (Å²) in [5.41, 5.74) is 0.459. The lowest BCUT2D eigenvalue weighted by atomic mass is 9.84. The van der Waals surface area contributed by atoms with Gasteiger partial charge in [0.2, 0.25) is 0 Å². The molecule has 0 radical (unpaired) electrons. The Kier molecular flexibility index (Phi) is 5.62. The van der Waals surface area contributed by atoms with Crippen molar-refractivity contribution in [3.8, 4) is 0 Å². The normalized spacial score (nSPS) is 24.2.